The zero-order valence-electron chi connectivity index (χ0n) is 11.9. The summed E-state index contributed by atoms with van der Waals surface area (Å²) in [5.41, 5.74) is 2.87. The molecule has 2 nitrogen and oxygen atoms in total. The molecule has 2 rings (SSSR count). The third-order valence-electron chi connectivity index (χ3n) is 4.50. The molecule has 100 valence electrons. The maximum Gasteiger partial charge on any atom is 0.0350 e. The Kier molecular flexibility index (Phi) is 4.76. The second kappa shape index (κ2) is 6.33. The van der Waals surface area contributed by atoms with Crippen molar-refractivity contribution in [2.75, 3.05) is 7.05 Å². The molecule has 1 N–H and O–H groups in total. The van der Waals surface area contributed by atoms with Crippen molar-refractivity contribution in [2.24, 2.45) is 11.8 Å². The van der Waals surface area contributed by atoms with Gasteiger partial charge in [0.05, 0.1) is 0 Å². The van der Waals surface area contributed by atoms with Gasteiger partial charge in [0.15, 0.2) is 0 Å². The van der Waals surface area contributed by atoms with Gasteiger partial charge >= 0.3 is 0 Å². The number of aromatic nitrogens is 1. The maximum atomic E-state index is 4.26. The first-order valence-electron chi connectivity index (χ1n) is 7.36. The number of aryl methyl sites for hydroxylation is 1. The summed E-state index contributed by atoms with van der Waals surface area (Å²) in [5, 5.41) is 3.55. The van der Waals surface area contributed by atoms with Crippen molar-refractivity contribution in [3.05, 3.63) is 29.6 Å². The molecule has 1 aliphatic rings. The molecule has 1 aliphatic carbocycles. The van der Waals surface area contributed by atoms with E-state index in [0.717, 1.165) is 18.3 Å². The van der Waals surface area contributed by atoms with Gasteiger partial charge in [-0.15, -0.1) is 0 Å². The monoisotopic (exact) mass is 246 g/mol. The number of hydrogen-bond acceptors (Lipinski definition) is 2. The highest BCUT2D eigenvalue weighted by Crippen LogP contribution is 2.37. The normalized spacial score (nSPS) is 25.9. The first-order chi connectivity index (χ1) is 8.76. The van der Waals surface area contributed by atoms with Crippen molar-refractivity contribution in [3.8, 4) is 0 Å². The van der Waals surface area contributed by atoms with Crippen molar-refractivity contribution in [2.45, 2.75) is 52.0 Å². The van der Waals surface area contributed by atoms with E-state index in [4.69, 9.17) is 0 Å². The Hall–Kier alpha value is -0.890. The topological polar surface area (TPSA) is 24.9 Å². The SMILES string of the molecule is CCc1cnccc1C(NC)C1CCC(C)CC1. The summed E-state index contributed by atoms with van der Waals surface area (Å²) in [5.74, 6) is 1.71. The van der Waals surface area contributed by atoms with E-state index in [9.17, 15) is 0 Å². The molecule has 0 aromatic carbocycles. The van der Waals surface area contributed by atoms with Crippen LogP contribution in [-0.4, -0.2) is 12.0 Å². The van der Waals surface area contributed by atoms with Gasteiger partial charge in [0.2, 0.25) is 0 Å². The van der Waals surface area contributed by atoms with Gasteiger partial charge in [0.1, 0.15) is 0 Å². The van der Waals surface area contributed by atoms with Gasteiger partial charge < -0.3 is 5.32 Å². The minimum Gasteiger partial charge on any atom is -0.313 e. The summed E-state index contributed by atoms with van der Waals surface area (Å²) in [6, 6.07) is 2.72. The van der Waals surface area contributed by atoms with Crippen LogP contribution < -0.4 is 5.32 Å². The lowest BCUT2D eigenvalue weighted by Gasteiger charge is -2.33. The van der Waals surface area contributed by atoms with Crippen molar-refractivity contribution in [3.63, 3.8) is 0 Å². The molecule has 1 fully saturated rings. The molecule has 0 aliphatic heterocycles. The van der Waals surface area contributed by atoms with Crippen LogP contribution in [0.2, 0.25) is 0 Å². The minimum atomic E-state index is 0.510. The zero-order chi connectivity index (χ0) is 13.0. The molecule has 1 unspecified atom stereocenters. The Morgan fingerprint density at radius 2 is 2.06 bits per heavy atom. The third kappa shape index (κ3) is 2.92. The maximum absolute atomic E-state index is 4.26. The van der Waals surface area contributed by atoms with Gasteiger partial charge in [-0.1, -0.05) is 26.7 Å². The lowest BCUT2D eigenvalue weighted by Crippen LogP contribution is -2.29. The molecule has 1 saturated carbocycles. The predicted octanol–water partition coefficient (Wildman–Crippen LogP) is 3.73. The Balaban J connectivity index is 2.17. The Labute approximate surface area is 111 Å². The molecule has 0 saturated heterocycles. The average molecular weight is 246 g/mol. The highest BCUT2D eigenvalue weighted by Gasteiger charge is 2.27. The van der Waals surface area contributed by atoms with Crippen molar-refractivity contribution in [1.29, 1.82) is 0 Å². The van der Waals surface area contributed by atoms with Crippen molar-refractivity contribution < 1.29 is 0 Å². The first-order valence-corrected chi connectivity index (χ1v) is 7.36. The van der Waals surface area contributed by atoms with Crippen LogP contribution >= 0.6 is 0 Å². The van der Waals surface area contributed by atoms with Crippen LogP contribution in [0, 0.1) is 11.8 Å². The standard InChI is InChI=1S/C16H26N2/c1-4-13-11-18-10-9-15(13)16(17-3)14-7-5-12(2)6-8-14/h9-12,14,16-17H,4-8H2,1-3H3. The highest BCUT2D eigenvalue weighted by molar-refractivity contribution is 5.27. The molecule has 0 amide bonds. The second-order valence-electron chi connectivity index (χ2n) is 5.71. The molecule has 0 bridgehead atoms. The highest BCUT2D eigenvalue weighted by atomic mass is 14.9. The van der Waals surface area contributed by atoms with E-state index < -0.39 is 0 Å². The van der Waals surface area contributed by atoms with Gasteiger partial charge in [0, 0.05) is 18.4 Å². The summed E-state index contributed by atoms with van der Waals surface area (Å²) in [4.78, 5) is 4.26. The largest absolute Gasteiger partial charge is 0.313 e. The van der Waals surface area contributed by atoms with E-state index >= 15 is 0 Å². The second-order valence-corrected chi connectivity index (χ2v) is 5.71. The molecule has 1 atom stereocenters. The lowest BCUT2D eigenvalue weighted by atomic mass is 9.76. The lowest BCUT2D eigenvalue weighted by molar-refractivity contribution is 0.237. The number of nitrogens with zero attached hydrogens (tertiary/aromatic N) is 1. The fourth-order valence-corrected chi connectivity index (χ4v) is 3.30. The number of rotatable bonds is 4. The third-order valence-corrected chi connectivity index (χ3v) is 4.50. The molecule has 1 aromatic rings. The predicted molar refractivity (Wildman–Crippen MR) is 76.5 cm³/mol. The Morgan fingerprint density at radius 1 is 1.33 bits per heavy atom. The van der Waals surface area contributed by atoms with Gasteiger partial charge in [-0.3, -0.25) is 4.98 Å². The zero-order valence-corrected chi connectivity index (χ0v) is 11.9. The molecule has 0 spiro atoms. The number of hydrogen-bond donors (Lipinski definition) is 1. The van der Waals surface area contributed by atoms with E-state index in [1.165, 1.54) is 36.8 Å². The molecule has 18 heavy (non-hydrogen) atoms. The van der Waals surface area contributed by atoms with Crippen molar-refractivity contribution in [1.82, 2.24) is 10.3 Å². The van der Waals surface area contributed by atoms with Crippen LogP contribution in [-0.2, 0) is 6.42 Å². The van der Waals surface area contributed by atoms with Gasteiger partial charge in [-0.25, -0.2) is 0 Å². The van der Waals surface area contributed by atoms with E-state index in [1.807, 2.05) is 12.4 Å². The van der Waals surface area contributed by atoms with Gasteiger partial charge in [-0.2, -0.15) is 0 Å². The van der Waals surface area contributed by atoms with Crippen LogP contribution in [0.5, 0.6) is 0 Å². The molecular formula is C16H26N2. The van der Waals surface area contributed by atoms with Crippen LogP contribution in [0.25, 0.3) is 0 Å². The van der Waals surface area contributed by atoms with E-state index in [1.54, 1.807) is 0 Å². The van der Waals surface area contributed by atoms with E-state index in [0.29, 0.717) is 6.04 Å². The van der Waals surface area contributed by atoms with Crippen LogP contribution in [0.4, 0.5) is 0 Å². The number of pyridine rings is 1. The molecular weight excluding hydrogens is 220 g/mol. The summed E-state index contributed by atoms with van der Waals surface area (Å²) in [6.07, 6.45) is 10.5. The fraction of sp³-hybridized carbons (Fsp3) is 0.688. The Morgan fingerprint density at radius 3 is 2.67 bits per heavy atom. The summed E-state index contributed by atoms with van der Waals surface area (Å²) >= 11 is 0. The van der Waals surface area contributed by atoms with Crippen LogP contribution in [0.15, 0.2) is 18.5 Å². The fourth-order valence-electron chi connectivity index (χ4n) is 3.30. The van der Waals surface area contributed by atoms with Crippen LogP contribution in [0.1, 0.15) is 56.7 Å². The Bertz CT molecular complexity index is 367. The molecule has 0 radical (unpaired) electrons. The molecule has 1 heterocycles. The van der Waals surface area contributed by atoms with Gasteiger partial charge in [0.25, 0.3) is 0 Å². The van der Waals surface area contributed by atoms with E-state index in [2.05, 4.69) is 37.3 Å². The summed E-state index contributed by atoms with van der Waals surface area (Å²) < 4.78 is 0. The average Bonchev–Trinajstić information content (AvgIpc) is 2.42. The summed E-state index contributed by atoms with van der Waals surface area (Å²) in [7, 11) is 2.10. The van der Waals surface area contributed by atoms with Crippen LogP contribution in [0.3, 0.4) is 0 Å². The van der Waals surface area contributed by atoms with E-state index in [-0.39, 0.29) is 0 Å². The first kappa shape index (κ1) is 13.5. The quantitative estimate of drug-likeness (QED) is 0.875. The smallest absolute Gasteiger partial charge is 0.0350 e. The molecule has 2 heteroatoms. The van der Waals surface area contributed by atoms with Gasteiger partial charge in [-0.05, 0) is 55.3 Å². The minimum absolute atomic E-state index is 0.510. The summed E-state index contributed by atoms with van der Waals surface area (Å²) in [6.45, 7) is 4.60. The van der Waals surface area contributed by atoms with Crippen molar-refractivity contribution >= 4 is 0 Å². The number of nitrogens with one attached hydrogen (secondary N) is 1. The molecule has 1 aromatic heterocycles.